The average Bonchev–Trinajstić information content (AvgIpc) is 3.56. The molecule has 0 spiro atoms. The quantitative estimate of drug-likeness (QED) is 0.583. The van der Waals surface area contributed by atoms with Gasteiger partial charge in [-0.15, -0.1) is 0 Å². The Hall–Kier alpha value is -3.48. The van der Waals surface area contributed by atoms with Crippen molar-refractivity contribution in [1.82, 2.24) is 20.4 Å². The fraction of sp³-hybridized carbons (Fsp3) is 0.346. The summed E-state index contributed by atoms with van der Waals surface area (Å²) >= 11 is 0. The first kappa shape index (κ1) is 21.4. The summed E-state index contributed by atoms with van der Waals surface area (Å²) in [5.74, 6) is -0.828. The molecule has 33 heavy (non-hydrogen) atoms. The van der Waals surface area contributed by atoms with Crippen molar-refractivity contribution < 1.29 is 14.0 Å². The van der Waals surface area contributed by atoms with Crippen LogP contribution in [0.25, 0.3) is 5.69 Å². The molecule has 2 N–H and O–H groups in total. The first-order valence-electron chi connectivity index (χ1n) is 11.6. The Morgan fingerprint density at radius 3 is 2.48 bits per heavy atom. The molecule has 1 saturated carbocycles. The molecule has 1 heterocycles. The highest BCUT2D eigenvalue weighted by atomic mass is 19.1. The second-order valence-electron chi connectivity index (χ2n) is 8.87. The van der Waals surface area contributed by atoms with Gasteiger partial charge in [0.1, 0.15) is 11.9 Å². The van der Waals surface area contributed by atoms with Gasteiger partial charge in [0.25, 0.3) is 5.91 Å². The zero-order valence-electron chi connectivity index (χ0n) is 18.4. The van der Waals surface area contributed by atoms with E-state index in [1.807, 2.05) is 30.3 Å². The molecule has 1 atom stereocenters. The number of nitrogens with zero attached hydrogens (tertiary/aromatic N) is 2. The van der Waals surface area contributed by atoms with Gasteiger partial charge in [-0.2, -0.15) is 5.10 Å². The third-order valence-electron chi connectivity index (χ3n) is 6.29. The second-order valence-corrected chi connectivity index (χ2v) is 8.87. The molecule has 2 aliphatic rings. The Bertz CT molecular complexity index is 1150. The van der Waals surface area contributed by atoms with E-state index in [9.17, 15) is 14.0 Å². The minimum Gasteiger partial charge on any atom is -0.352 e. The monoisotopic (exact) mass is 446 g/mol. The van der Waals surface area contributed by atoms with Crippen molar-refractivity contribution in [2.45, 2.75) is 57.0 Å². The molecule has 1 fully saturated rings. The van der Waals surface area contributed by atoms with Crippen LogP contribution in [0, 0.1) is 5.82 Å². The van der Waals surface area contributed by atoms with E-state index in [4.69, 9.17) is 0 Å². The van der Waals surface area contributed by atoms with E-state index < -0.39 is 6.04 Å². The molecule has 6 nitrogen and oxygen atoms in total. The number of benzene rings is 2. The number of rotatable bonds is 7. The Morgan fingerprint density at radius 2 is 1.76 bits per heavy atom. The summed E-state index contributed by atoms with van der Waals surface area (Å²) in [5.41, 5.74) is 3.96. The number of hydrogen-bond donors (Lipinski definition) is 2. The van der Waals surface area contributed by atoms with Crippen molar-refractivity contribution in [3.63, 3.8) is 0 Å². The number of carbonyl (C=O) groups excluding carboxylic acids is 2. The zero-order chi connectivity index (χ0) is 22.8. The van der Waals surface area contributed by atoms with Crippen LogP contribution in [0.15, 0.2) is 54.6 Å². The van der Waals surface area contributed by atoms with E-state index in [2.05, 4.69) is 15.7 Å². The molecule has 1 unspecified atom stereocenters. The molecule has 2 aromatic carbocycles. The Morgan fingerprint density at radius 1 is 1.03 bits per heavy atom. The molecule has 2 aliphatic carbocycles. The van der Waals surface area contributed by atoms with Crippen LogP contribution in [0.1, 0.15) is 53.0 Å². The van der Waals surface area contributed by atoms with Gasteiger partial charge in [0.15, 0.2) is 5.69 Å². The van der Waals surface area contributed by atoms with E-state index in [0.717, 1.165) is 61.0 Å². The zero-order valence-corrected chi connectivity index (χ0v) is 18.4. The van der Waals surface area contributed by atoms with Crippen LogP contribution in [0.2, 0.25) is 0 Å². The molecule has 3 aromatic rings. The van der Waals surface area contributed by atoms with E-state index >= 15 is 0 Å². The first-order valence-corrected chi connectivity index (χ1v) is 11.6. The Labute approximate surface area is 192 Å². The third kappa shape index (κ3) is 4.82. The van der Waals surface area contributed by atoms with Gasteiger partial charge in [0, 0.05) is 23.7 Å². The maximum atomic E-state index is 13.4. The molecule has 0 radical (unpaired) electrons. The first-order chi connectivity index (χ1) is 16.1. The highest BCUT2D eigenvalue weighted by Crippen LogP contribution is 2.27. The molecule has 7 heteroatoms. The predicted octanol–water partition coefficient (Wildman–Crippen LogP) is 3.51. The predicted molar refractivity (Wildman–Crippen MR) is 123 cm³/mol. The van der Waals surface area contributed by atoms with Crippen molar-refractivity contribution in [2.24, 2.45) is 0 Å². The largest absolute Gasteiger partial charge is 0.352 e. The SMILES string of the molecule is O=C(NC(Cc1ccccc1)C(=O)NC1CC1)c1nn(-c2ccc(F)cc2)c2c1CCCC2. The van der Waals surface area contributed by atoms with Crippen LogP contribution in [0.4, 0.5) is 4.39 Å². The van der Waals surface area contributed by atoms with Gasteiger partial charge in [0.05, 0.1) is 5.69 Å². The van der Waals surface area contributed by atoms with E-state index in [1.165, 1.54) is 12.1 Å². The van der Waals surface area contributed by atoms with Crippen LogP contribution in [-0.2, 0) is 24.1 Å². The Balaban J connectivity index is 1.43. The molecular formula is C26H27FN4O2. The van der Waals surface area contributed by atoms with E-state index in [-0.39, 0.29) is 23.7 Å². The van der Waals surface area contributed by atoms with Crippen molar-refractivity contribution >= 4 is 11.8 Å². The molecule has 5 rings (SSSR count). The minimum absolute atomic E-state index is 0.165. The summed E-state index contributed by atoms with van der Waals surface area (Å²) in [5, 5.41) is 10.6. The molecule has 170 valence electrons. The van der Waals surface area contributed by atoms with Gasteiger partial charge in [-0.1, -0.05) is 30.3 Å². The topological polar surface area (TPSA) is 76.0 Å². The lowest BCUT2D eigenvalue weighted by atomic mass is 9.95. The third-order valence-corrected chi connectivity index (χ3v) is 6.29. The van der Waals surface area contributed by atoms with Gasteiger partial charge < -0.3 is 10.6 Å². The van der Waals surface area contributed by atoms with Gasteiger partial charge in [-0.3, -0.25) is 9.59 Å². The van der Waals surface area contributed by atoms with Crippen LogP contribution < -0.4 is 10.6 Å². The van der Waals surface area contributed by atoms with E-state index in [0.29, 0.717) is 12.1 Å². The molecule has 0 aliphatic heterocycles. The minimum atomic E-state index is -0.685. The summed E-state index contributed by atoms with van der Waals surface area (Å²) in [6.07, 6.45) is 5.94. The van der Waals surface area contributed by atoms with E-state index in [1.54, 1.807) is 16.8 Å². The van der Waals surface area contributed by atoms with Gasteiger partial charge in [0.2, 0.25) is 5.91 Å². The lowest BCUT2D eigenvalue weighted by Crippen LogP contribution is -2.48. The van der Waals surface area contributed by atoms with Crippen molar-refractivity contribution in [2.75, 3.05) is 0 Å². The van der Waals surface area contributed by atoms with Gasteiger partial charge in [-0.05, 0) is 68.4 Å². The smallest absolute Gasteiger partial charge is 0.272 e. The maximum absolute atomic E-state index is 13.4. The normalized spacial score (nSPS) is 16.0. The summed E-state index contributed by atoms with van der Waals surface area (Å²) in [7, 11) is 0. The van der Waals surface area contributed by atoms with Crippen LogP contribution in [0.5, 0.6) is 0 Å². The lowest BCUT2D eigenvalue weighted by Gasteiger charge is -2.19. The highest BCUT2D eigenvalue weighted by Gasteiger charge is 2.31. The lowest BCUT2D eigenvalue weighted by molar-refractivity contribution is -0.123. The van der Waals surface area contributed by atoms with Crippen molar-refractivity contribution in [3.05, 3.63) is 82.9 Å². The molecule has 0 bridgehead atoms. The average molecular weight is 447 g/mol. The standard InChI is InChI=1S/C26H27FN4O2/c27-18-10-14-20(15-11-18)31-23-9-5-4-8-21(23)24(30-31)26(33)29-22(25(32)28-19-12-13-19)16-17-6-2-1-3-7-17/h1-3,6-7,10-11,14-15,19,22H,4-5,8-9,12-13,16H2,(H,28,32)(H,29,33). The number of nitrogens with one attached hydrogen (secondary N) is 2. The van der Waals surface area contributed by atoms with Gasteiger partial charge >= 0.3 is 0 Å². The maximum Gasteiger partial charge on any atom is 0.272 e. The number of carbonyl (C=O) groups is 2. The van der Waals surface area contributed by atoms with Crippen LogP contribution in [-0.4, -0.2) is 33.7 Å². The molecular weight excluding hydrogens is 419 g/mol. The highest BCUT2D eigenvalue weighted by molar-refractivity contribution is 5.97. The molecule has 1 aromatic heterocycles. The van der Waals surface area contributed by atoms with Crippen LogP contribution in [0.3, 0.4) is 0 Å². The number of amides is 2. The fourth-order valence-corrected chi connectivity index (χ4v) is 4.39. The van der Waals surface area contributed by atoms with Crippen molar-refractivity contribution in [3.8, 4) is 5.69 Å². The molecule has 2 amide bonds. The van der Waals surface area contributed by atoms with Crippen LogP contribution >= 0.6 is 0 Å². The number of hydrogen-bond acceptors (Lipinski definition) is 3. The Kier molecular flexibility index (Phi) is 5.94. The fourth-order valence-electron chi connectivity index (χ4n) is 4.39. The number of halogens is 1. The second kappa shape index (κ2) is 9.17. The van der Waals surface area contributed by atoms with Crippen molar-refractivity contribution in [1.29, 1.82) is 0 Å². The van der Waals surface area contributed by atoms with Gasteiger partial charge in [-0.25, -0.2) is 9.07 Å². The summed E-state index contributed by atoms with van der Waals surface area (Å²) in [6.45, 7) is 0. The summed E-state index contributed by atoms with van der Waals surface area (Å²) in [4.78, 5) is 26.3. The number of aromatic nitrogens is 2. The number of fused-ring (bicyclic) bond motifs is 1. The summed E-state index contributed by atoms with van der Waals surface area (Å²) in [6, 6.07) is 15.3. The molecule has 0 saturated heterocycles. The summed E-state index contributed by atoms with van der Waals surface area (Å²) < 4.78 is 15.2.